The quantitative estimate of drug-likeness (QED) is 0.406. The normalized spacial score (nSPS) is 23.1. The molecule has 2 aliphatic rings. The highest BCUT2D eigenvalue weighted by Gasteiger charge is 2.44. The molecule has 1 aliphatic carbocycles. The predicted octanol–water partition coefficient (Wildman–Crippen LogP) is 3.77. The van der Waals surface area contributed by atoms with E-state index in [4.69, 9.17) is 0 Å². The molecule has 2 fully saturated rings. The van der Waals surface area contributed by atoms with Gasteiger partial charge in [0.25, 0.3) is 5.91 Å². The molecule has 1 aromatic heterocycles. The summed E-state index contributed by atoms with van der Waals surface area (Å²) in [4.78, 5) is 35.9. The second kappa shape index (κ2) is 12.4. The van der Waals surface area contributed by atoms with Crippen LogP contribution in [0, 0.1) is 5.92 Å². The first kappa shape index (κ1) is 30.0. The van der Waals surface area contributed by atoms with Crippen molar-refractivity contribution in [2.45, 2.75) is 68.6 Å². The summed E-state index contributed by atoms with van der Waals surface area (Å²) in [5.41, 5.74) is 1.28. The van der Waals surface area contributed by atoms with Crippen LogP contribution in [0.1, 0.15) is 50.0 Å². The average molecular weight is 592 g/mol. The SMILES string of the molecule is CC(C)N(C)[C@@H]1CC[C@H](N2CC[C@H](NC(=O)c3cnc(-c4ccccc4)n3C)C2=O)[C@H](CS(=O)(=O)c2ccccc2)C1. The highest BCUT2D eigenvalue weighted by Crippen LogP contribution is 2.36. The maximum Gasteiger partial charge on any atom is 0.270 e. The summed E-state index contributed by atoms with van der Waals surface area (Å²) in [6.45, 7) is 4.77. The van der Waals surface area contributed by atoms with Crippen molar-refractivity contribution >= 4 is 21.7 Å². The number of sulfone groups is 1. The first-order valence-corrected chi connectivity index (χ1v) is 16.4. The molecule has 10 heteroatoms. The van der Waals surface area contributed by atoms with Gasteiger partial charge >= 0.3 is 0 Å². The van der Waals surface area contributed by atoms with E-state index in [2.05, 4.69) is 36.1 Å². The van der Waals surface area contributed by atoms with Crippen LogP contribution in [0.5, 0.6) is 0 Å². The van der Waals surface area contributed by atoms with E-state index in [0.29, 0.717) is 41.8 Å². The van der Waals surface area contributed by atoms with Crippen molar-refractivity contribution in [2.24, 2.45) is 13.0 Å². The Morgan fingerprint density at radius 2 is 1.71 bits per heavy atom. The lowest BCUT2D eigenvalue weighted by atomic mass is 9.81. The zero-order valence-corrected chi connectivity index (χ0v) is 25.6. The average Bonchev–Trinajstić information content (AvgIpc) is 3.55. The Balaban J connectivity index is 1.32. The van der Waals surface area contributed by atoms with Gasteiger partial charge in [-0.05, 0) is 64.6 Å². The van der Waals surface area contributed by atoms with Crippen LogP contribution in [0.4, 0.5) is 0 Å². The van der Waals surface area contributed by atoms with Crippen LogP contribution in [-0.4, -0.2) is 83.1 Å². The van der Waals surface area contributed by atoms with E-state index in [1.54, 1.807) is 41.9 Å². The first-order valence-electron chi connectivity index (χ1n) is 14.7. The van der Waals surface area contributed by atoms with Crippen LogP contribution in [-0.2, 0) is 21.7 Å². The lowest BCUT2D eigenvalue weighted by Crippen LogP contribution is -2.53. The third-order valence-electron chi connectivity index (χ3n) is 9.04. The Kier molecular flexibility index (Phi) is 8.84. The van der Waals surface area contributed by atoms with E-state index in [9.17, 15) is 18.0 Å². The van der Waals surface area contributed by atoms with Crippen molar-refractivity contribution in [2.75, 3.05) is 19.3 Å². The van der Waals surface area contributed by atoms with Crippen molar-refractivity contribution in [3.05, 3.63) is 72.6 Å². The minimum atomic E-state index is -3.54. The number of hydrogen-bond acceptors (Lipinski definition) is 6. The molecular weight excluding hydrogens is 550 g/mol. The van der Waals surface area contributed by atoms with Gasteiger partial charge in [-0.25, -0.2) is 13.4 Å². The molecule has 4 atom stereocenters. The largest absolute Gasteiger partial charge is 0.339 e. The number of nitrogens with one attached hydrogen (secondary N) is 1. The minimum absolute atomic E-state index is 0.0117. The maximum atomic E-state index is 13.7. The number of carbonyl (C=O) groups is 2. The molecule has 224 valence electrons. The summed E-state index contributed by atoms with van der Waals surface area (Å²) in [5, 5.41) is 2.93. The van der Waals surface area contributed by atoms with Gasteiger partial charge in [0.15, 0.2) is 9.84 Å². The predicted molar refractivity (Wildman–Crippen MR) is 163 cm³/mol. The Morgan fingerprint density at radius 1 is 1.05 bits per heavy atom. The number of carbonyl (C=O) groups excluding carboxylic acids is 2. The van der Waals surface area contributed by atoms with E-state index in [1.165, 1.54) is 6.20 Å². The number of imidazole rings is 1. The lowest BCUT2D eigenvalue weighted by molar-refractivity contribution is -0.133. The molecule has 2 aromatic carbocycles. The molecular formula is C32H41N5O4S. The van der Waals surface area contributed by atoms with Gasteiger partial charge in [0.2, 0.25) is 5.91 Å². The molecule has 0 spiro atoms. The summed E-state index contributed by atoms with van der Waals surface area (Å²) in [7, 11) is 0.340. The Hall–Kier alpha value is -3.50. The Labute approximate surface area is 248 Å². The number of hydrogen-bond donors (Lipinski definition) is 1. The summed E-state index contributed by atoms with van der Waals surface area (Å²) in [6, 6.07) is 17.9. The number of benzene rings is 2. The standard InChI is InChI=1S/C32H41N5O4S/c1-22(2)35(3)25-15-16-28(24(19-25)21-42(40,41)26-13-9-6-10-14-26)37-18-17-27(32(37)39)34-31(38)29-20-33-30(36(29)4)23-11-7-5-8-12-23/h5-14,20,22,24-25,27-28H,15-19,21H2,1-4H3,(H,34,38)/t24-,25+,27-,28-/m0/s1. The van der Waals surface area contributed by atoms with Crippen molar-refractivity contribution < 1.29 is 18.0 Å². The minimum Gasteiger partial charge on any atom is -0.339 e. The number of amides is 2. The van der Waals surface area contributed by atoms with Crippen molar-refractivity contribution in [3.8, 4) is 11.4 Å². The summed E-state index contributed by atoms with van der Waals surface area (Å²) in [6.07, 6.45) is 4.33. The fraction of sp³-hybridized carbons (Fsp3) is 0.469. The highest BCUT2D eigenvalue weighted by atomic mass is 32.2. The molecule has 3 aromatic rings. The lowest BCUT2D eigenvalue weighted by Gasteiger charge is -2.44. The third kappa shape index (κ3) is 6.15. The van der Waals surface area contributed by atoms with Gasteiger partial charge in [0.05, 0.1) is 16.8 Å². The fourth-order valence-electron chi connectivity index (χ4n) is 6.48. The Bertz CT molecular complexity index is 1510. The maximum absolute atomic E-state index is 13.7. The molecule has 1 N–H and O–H groups in total. The van der Waals surface area contributed by atoms with E-state index in [0.717, 1.165) is 18.4 Å². The second-order valence-corrected chi connectivity index (χ2v) is 13.9. The smallest absolute Gasteiger partial charge is 0.270 e. The topological polar surface area (TPSA) is 105 Å². The zero-order valence-electron chi connectivity index (χ0n) is 24.8. The van der Waals surface area contributed by atoms with E-state index in [1.807, 2.05) is 35.2 Å². The van der Waals surface area contributed by atoms with Gasteiger partial charge in [0.1, 0.15) is 17.6 Å². The molecule has 5 rings (SSSR count). The summed E-state index contributed by atoms with van der Waals surface area (Å²) < 4.78 is 28.7. The van der Waals surface area contributed by atoms with Gasteiger partial charge in [-0.1, -0.05) is 48.5 Å². The first-order chi connectivity index (χ1) is 20.1. The molecule has 9 nitrogen and oxygen atoms in total. The molecule has 2 heterocycles. The number of rotatable bonds is 9. The van der Waals surface area contributed by atoms with E-state index >= 15 is 0 Å². The van der Waals surface area contributed by atoms with Crippen LogP contribution in [0.15, 0.2) is 71.8 Å². The molecule has 0 bridgehead atoms. The molecule has 1 saturated carbocycles. The van der Waals surface area contributed by atoms with Crippen LogP contribution < -0.4 is 5.32 Å². The molecule has 1 aliphatic heterocycles. The highest BCUT2D eigenvalue weighted by molar-refractivity contribution is 7.91. The Morgan fingerprint density at radius 3 is 2.38 bits per heavy atom. The van der Waals surface area contributed by atoms with Crippen molar-refractivity contribution in [3.63, 3.8) is 0 Å². The molecule has 42 heavy (non-hydrogen) atoms. The third-order valence-corrected chi connectivity index (χ3v) is 10.9. The van der Waals surface area contributed by atoms with E-state index in [-0.39, 0.29) is 35.6 Å². The van der Waals surface area contributed by atoms with Crippen molar-refractivity contribution in [1.29, 1.82) is 0 Å². The number of likely N-dealkylation sites (tertiary alicyclic amines) is 1. The second-order valence-electron chi connectivity index (χ2n) is 11.9. The number of nitrogens with zero attached hydrogens (tertiary/aromatic N) is 4. The van der Waals surface area contributed by atoms with Gasteiger partial charge in [-0.3, -0.25) is 9.59 Å². The van der Waals surface area contributed by atoms with Crippen LogP contribution in [0.25, 0.3) is 11.4 Å². The molecule has 0 unspecified atom stereocenters. The molecule has 0 radical (unpaired) electrons. The van der Waals surface area contributed by atoms with Gasteiger partial charge < -0.3 is 19.7 Å². The number of aromatic nitrogens is 2. The fourth-order valence-corrected chi connectivity index (χ4v) is 8.17. The molecule has 1 saturated heterocycles. The van der Waals surface area contributed by atoms with Crippen molar-refractivity contribution in [1.82, 2.24) is 24.7 Å². The molecule has 2 amide bonds. The summed E-state index contributed by atoms with van der Waals surface area (Å²) in [5.74, 6) is -0.0402. The van der Waals surface area contributed by atoms with Crippen LogP contribution >= 0.6 is 0 Å². The van der Waals surface area contributed by atoms with Gasteiger partial charge in [-0.2, -0.15) is 0 Å². The van der Waals surface area contributed by atoms with E-state index < -0.39 is 15.9 Å². The monoisotopic (exact) mass is 591 g/mol. The summed E-state index contributed by atoms with van der Waals surface area (Å²) >= 11 is 0. The van der Waals surface area contributed by atoms with Gasteiger partial charge in [-0.15, -0.1) is 0 Å². The van der Waals surface area contributed by atoms with Crippen LogP contribution in [0.3, 0.4) is 0 Å². The van der Waals surface area contributed by atoms with Crippen LogP contribution in [0.2, 0.25) is 0 Å². The van der Waals surface area contributed by atoms with Gasteiger partial charge in [0, 0.05) is 37.3 Å². The zero-order chi connectivity index (χ0) is 30.0.